The number of halogens is 3. The molecule has 1 nitrogen and oxygen atoms in total. The Morgan fingerprint density at radius 1 is 1.38 bits per heavy atom. The van der Waals surface area contributed by atoms with Crippen molar-refractivity contribution in [2.24, 2.45) is 0 Å². The number of thioether (sulfide) groups is 2. The van der Waals surface area contributed by atoms with Crippen LogP contribution in [0.2, 0.25) is 0 Å². The Morgan fingerprint density at radius 2 is 2.15 bits per heavy atom. The molecule has 0 spiro atoms. The van der Waals surface area contributed by atoms with Crippen LogP contribution >= 0.6 is 23.5 Å². The molecule has 1 aromatic rings. The maximum Gasteiger partial charge on any atom is 0.442 e. The molecule has 0 N–H and O–H groups in total. The second kappa shape index (κ2) is 4.76. The summed E-state index contributed by atoms with van der Waals surface area (Å²) >= 11 is 1.09. The summed E-state index contributed by atoms with van der Waals surface area (Å²) in [4.78, 5) is 4.54. The van der Waals surface area contributed by atoms with Crippen molar-refractivity contribution >= 4 is 23.5 Å². The molecule has 0 unspecified atom stereocenters. The van der Waals surface area contributed by atoms with Crippen LogP contribution in [0.15, 0.2) is 29.4 Å². The fraction of sp³-hybridized carbons (Fsp3) is 0.286. The van der Waals surface area contributed by atoms with Gasteiger partial charge in [-0.2, -0.15) is 13.2 Å². The minimum absolute atomic E-state index is 0.0325. The van der Waals surface area contributed by atoms with Crippen LogP contribution in [0, 0.1) is 0 Å². The Hall–Kier alpha value is -0.360. The van der Waals surface area contributed by atoms with Crippen molar-refractivity contribution in [2.45, 2.75) is 10.4 Å². The van der Waals surface area contributed by atoms with Crippen LogP contribution in [-0.2, 0) is 0 Å². The van der Waals surface area contributed by atoms with Gasteiger partial charge in [0, 0.05) is 17.3 Å². The molecule has 0 aliphatic rings. The fourth-order valence-corrected chi connectivity index (χ4v) is 2.22. The summed E-state index contributed by atoms with van der Waals surface area (Å²) in [5.41, 5.74) is -4.14. The lowest BCUT2D eigenvalue weighted by atomic mass is 10.5. The van der Waals surface area contributed by atoms with Crippen molar-refractivity contribution in [3.05, 3.63) is 24.5 Å². The minimum atomic E-state index is -4.14. The van der Waals surface area contributed by atoms with Crippen LogP contribution in [0.1, 0.15) is 0 Å². The molecular weight excluding hydrogens is 219 g/mol. The summed E-state index contributed by atoms with van der Waals surface area (Å²) in [6, 6.07) is 3.43. The largest absolute Gasteiger partial charge is 0.442 e. The van der Waals surface area contributed by atoms with Crippen LogP contribution < -0.4 is 0 Å². The molecule has 0 saturated heterocycles. The van der Waals surface area contributed by atoms with E-state index in [9.17, 15) is 13.2 Å². The number of hydrogen-bond acceptors (Lipinski definition) is 3. The molecule has 0 aliphatic heterocycles. The Bertz CT molecular complexity index is 250. The topological polar surface area (TPSA) is 12.9 Å². The van der Waals surface area contributed by atoms with E-state index in [0.29, 0.717) is 0 Å². The van der Waals surface area contributed by atoms with E-state index in [2.05, 4.69) is 4.98 Å². The Labute approximate surface area is 82.1 Å². The van der Waals surface area contributed by atoms with E-state index in [1.807, 2.05) is 0 Å². The van der Waals surface area contributed by atoms with E-state index in [4.69, 9.17) is 0 Å². The van der Waals surface area contributed by atoms with Crippen LogP contribution in [-0.4, -0.2) is 15.6 Å². The molecule has 6 heteroatoms. The molecular formula is C7H6F3NS2. The van der Waals surface area contributed by atoms with Gasteiger partial charge in [0.25, 0.3) is 0 Å². The van der Waals surface area contributed by atoms with Crippen LogP contribution in [0.4, 0.5) is 13.2 Å². The number of pyridine rings is 1. The monoisotopic (exact) mass is 225 g/mol. The zero-order valence-corrected chi connectivity index (χ0v) is 8.05. The normalized spacial score (nSPS) is 11.6. The van der Waals surface area contributed by atoms with Crippen molar-refractivity contribution in [3.63, 3.8) is 0 Å². The minimum Gasteiger partial charge on any atom is -0.264 e. The van der Waals surface area contributed by atoms with Gasteiger partial charge in [0.1, 0.15) is 0 Å². The van der Waals surface area contributed by atoms with Gasteiger partial charge in [-0.15, -0.1) is 11.8 Å². The second-order valence-electron chi connectivity index (χ2n) is 2.04. The van der Waals surface area contributed by atoms with Gasteiger partial charge in [-0.3, -0.25) is 4.98 Å². The summed E-state index contributed by atoms with van der Waals surface area (Å²) in [5, 5.41) is -0.0325. The lowest BCUT2D eigenvalue weighted by Gasteiger charge is -2.04. The summed E-state index contributed by atoms with van der Waals surface area (Å²) in [6.07, 6.45) is 3.13. The zero-order valence-electron chi connectivity index (χ0n) is 6.41. The number of rotatable bonds is 3. The predicted molar refractivity (Wildman–Crippen MR) is 48.6 cm³/mol. The standard InChI is InChI=1S/C7H6F3NS2/c8-7(9,10)13-5-12-6-2-1-3-11-4-6/h1-4H,5H2. The van der Waals surface area contributed by atoms with Crippen molar-refractivity contribution in [3.8, 4) is 0 Å². The summed E-state index contributed by atoms with van der Waals surface area (Å²) in [5.74, 6) is 0. The Balaban J connectivity index is 2.29. The molecule has 0 atom stereocenters. The third-order valence-electron chi connectivity index (χ3n) is 1.08. The molecule has 0 bridgehead atoms. The van der Waals surface area contributed by atoms with Gasteiger partial charge in [0.2, 0.25) is 0 Å². The summed E-state index contributed by atoms with van der Waals surface area (Å²) in [6.45, 7) is 0. The average molecular weight is 225 g/mol. The predicted octanol–water partition coefficient (Wildman–Crippen LogP) is 3.38. The van der Waals surface area contributed by atoms with Gasteiger partial charge in [-0.05, 0) is 23.9 Å². The van der Waals surface area contributed by atoms with E-state index in [0.717, 1.165) is 16.7 Å². The molecule has 0 radical (unpaired) electrons. The Kier molecular flexibility index (Phi) is 3.92. The first kappa shape index (κ1) is 10.7. The number of nitrogens with zero attached hydrogens (tertiary/aromatic N) is 1. The van der Waals surface area contributed by atoms with Crippen LogP contribution in [0.5, 0.6) is 0 Å². The molecule has 1 aromatic heterocycles. The van der Waals surface area contributed by atoms with E-state index >= 15 is 0 Å². The number of alkyl halides is 3. The highest BCUT2D eigenvalue weighted by atomic mass is 32.2. The smallest absolute Gasteiger partial charge is 0.264 e. The first-order valence-corrected chi connectivity index (χ1v) is 5.28. The van der Waals surface area contributed by atoms with Gasteiger partial charge in [0.15, 0.2) is 0 Å². The molecule has 0 fully saturated rings. The molecule has 0 saturated carbocycles. The van der Waals surface area contributed by atoms with E-state index < -0.39 is 5.51 Å². The summed E-state index contributed by atoms with van der Waals surface area (Å²) < 4.78 is 35.1. The first-order chi connectivity index (χ1) is 6.08. The number of hydrogen-bond donors (Lipinski definition) is 0. The first-order valence-electron chi connectivity index (χ1n) is 3.31. The molecule has 13 heavy (non-hydrogen) atoms. The average Bonchev–Trinajstić information content (AvgIpc) is 2.04. The number of aromatic nitrogens is 1. The van der Waals surface area contributed by atoms with E-state index in [-0.39, 0.29) is 16.8 Å². The summed E-state index contributed by atoms with van der Waals surface area (Å²) in [7, 11) is 0. The van der Waals surface area contributed by atoms with Crippen molar-refractivity contribution in [2.75, 3.05) is 5.08 Å². The molecule has 72 valence electrons. The van der Waals surface area contributed by atoms with Crippen molar-refractivity contribution < 1.29 is 13.2 Å². The lowest BCUT2D eigenvalue weighted by molar-refractivity contribution is -0.0324. The Morgan fingerprint density at radius 3 is 2.69 bits per heavy atom. The lowest BCUT2D eigenvalue weighted by Crippen LogP contribution is -1.99. The highest BCUT2D eigenvalue weighted by Crippen LogP contribution is 2.34. The molecule has 1 heterocycles. The third-order valence-corrected chi connectivity index (χ3v) is 2.93. The van der Waals surface area contributed by atoms with Crippen LogP contribution in [0.3, 0.4) is 0 Å². The van der Waals surface area contributed by atoms with Crippen molar-refractivity contribution in [1.29, 1.82) is 0 Å². The molecule has 1 rings (SSSR count). The maximum atomic E-state index is 11.7. The van der Waals surface area contributed by atoms with Crippen molar-refractivity contribution in [1.82, 2.24) is 4.98 Å². The molecule has 0 amide bonds. The molecule has 0 aromatic carbocycles. The highest BCUT2D eigenvalue weighted by molar-refractivity contribution is 8.16. The van der Waals surface area contributed by atoms with Gasteiger partial charge < -0.3 is 0 Å². The van der Waals surface area contributed by atoms with Gasteiger partial charge in [-0.25, -0.2) is 0 Å². The highest BCUT2D eigenvalue weighted by Gasteiger charge is 2.27. The van der Waals surface area contributed by atoms with E-state index in [1.54, 1.807) is 24.5 Å². The van der Waals surface area contributed by atoms with Gasteiger partial charge in [-0.1, -0.05) is 0 Å². The molecule has 0 aliphatic carbocycles. The van der Waals surface area contributed by atoms with Crippen LogP contribution in [0.25, 0.3) is 0 Å². The maximum absolute atomic E-state index is 11.7. The van der Waals surface area contributed by atoms with E-state index in [1.165, 1.54) is 0 Å². The zero-order chi connectivity index (χ0) is 9.73. The fourth-order valence-electron chi connectivity index (χ4n) is 0.597. The SMILES string of the molecule is FC(F)(F)SCSc1cccnc1. The second-order valence-corrected chi connectivity index (χ2v) is 4.50. The quantitative estimate of drug-likeness (QED) is 0.578. The third kappa shape index (κ3) is 5.05. The van der Waals surface area contributed by atoms with Gasteiger partial charge >= 0.3 is 5.51 Å². The van der Waals surface area contributed by atoms with Gasteiger partial charge in [0.05, 0.1) is 5.08 Å².